The average molecular weight is 499 g/mol. The first-order chi connectivity index (χ1) is 17.0. The third-order valence-electron chi connectivity index (χ3n) is 8.21. The lowest BCUT2D eigenvalue weighted by Gasteiger charge is -2.36. The molecule has 2 amide bonds. The number of nitrogens with one attached hydrogen (secondary N) is 2. The van der Waals surface area contributed by atoms with Crippen LogP contribution in [0, 0.1) is 11.8 Å². The van der Waals surface area contributed by atoms with Gasteiger partial charge in [0.2, 0.25) is 5.91 Å². The summed E-state index contributed by atoms with van der Waals surface area (Å²) in [7, 11) is 1.34. The highest BCUT2D eigenvalue weighted by Gasteiger charge is 2.48. The lowest BCUT2D eigenvalue weighted by atomic mass is 9.84. The maximum atomic E-state index is 14.0. The van der Waals surface area contributed by atoms with Crippen molar-refractivity contribution in [3.63, 3.8) is 0 Å². The molecule has 3 heterocycles. The van der Waals surface area contributed by atoms with Crippen molar-refractivity contribution in [2.75, 3.05) is 18.6 Å². The van der Waals surface area contributed by atoms with Gasteiger partial charge in [-0.15, -0.1) is 0 Å². The molecular formula is C27H38N4O3S. The molecule has 0 radical (unpaired) electrons. The molecule has 3 aliphatic rings. The molecule has 1 aromatic heterocycles. The van der Waals surface area contributed by atoms with Crippen molar-refractivity contribution in [3.8, 4) is 0 Å². The number of nitrogens with zero attached hydrogens (tertiary/aromatic N) is 2. The van der Waals surface area contributed by atoms with E-state index >= 15 is 0 Å². The zero-order valence-electron chi connectivity index (χ0n) is 21.1. The third kappa shape index (κ3) is 4.91. The number of benzene rings is 1. The van der Waals surface area contributed by atoms with Gasteiger partial charge in [-0.25, -0.2) is 9.78 Å². The highest BCUT2D eigenvalue weighted by Crippen LogP contribution is 2.46. The van der Waals surface area contributed by atoms with Crippen LogP contribution in [0.4, 0.5) is 4.79 Å². The molecule has 1 saturated carbocycles. The monoisotopic (exact) mass is 498 g/mol. The second-order valence-corrected chi connectivity index (χ2v) is 11.9. The molecule has 1 unspecified atom stereocenters. The van der Waals surface area contributed by atoms with E-state index in [4.69, 9.17) is 9.72 Å². The van der Waals surface area contributed by atoms with Gasteiger partial charge >= 0.3 is 6.09 Å². The molecule has 2 saturated heterocycles. The quantitative estimate of drug-likeness (QED) is 0.577. The molecule has 8 heteroatoms. The number of amides is 2. The maximum absolute atomic E-state index is 14.0. The summed E-state index contributed by atoms with van der Waals surface area (Å²) in [6.45, 7) is 3.93. The van der Waals surface area contributed by atoms with Gasteiger partial charge in [-0.1, -0.05) is 32.8 Å². The number of thioether (sulfide) groups is 1. The fourth-order valence-corrected chi connectivity index (χ4v) is 7.52. The van der Waals surface area contributed by atoms with Gasteiger partial charge < -0.3 is 19.9 Å². The van der Waals surface area contributed by atoms with E-state index in [0.717, 1.165) is 42.5 Å². The van der Waals surface area contributed by atoms with Crippen LogP contribution >= 0.6 is 11.8 Å². The van der Waals surface area contributed by atoms with Crippen LogP contribution < -0.4 is 5.32 Å². The smallest absolute Gasteiger partial charge is 0.407 e. The number of methoxy groups -OCH3 is 1. The Morgan fingerprint density at radius 3 is 2.77 bits per heavy atom. The minimum atomic E-state index is -0.620. The molecule has 7 nitrogen and oxygen atoms in total. The van der Waals surface area contributed by atoms with Crippen molar-refractivity contribution in [3.05, 3.63) is 29.6 Å². The van der Waals surface area contributed by atoms with Crippen molar-refractivity contribution in [2.24, 2.45) is 11.8 Å². The van der Waals surface area contributed by atoms with Crippen LogP contribution in [0.5, 0.6) is 0 Å². The van der Waals surface area contributed by atoms with Gasteiger partial charge in [-0.2, -0.15) is 11.8 Å². The predicted octanol–water partition coefficient (Wildman–Crippen LogP) is 5.39. The lowest BCUT2D eigenvalue weighted by molar-refractivity contribution is -0.138. The van der Waals surface area contributed by atoms with Crippen LogP contribution in [0.25, 0.3) is 11.0 Å². The molecule has 35 heavy (non-hydrogen) atoms. The number of hydrogen-bond donors (Lipinski definition) is 2. The number of carbonyl (C=O) groups excluding carboxylic acids is 2. The minimum Gasteiger partial charge on any atom is -0.453 e. The molecule has 190 valence electrons. The number of hydrogen-bond acceptors (Lipinski definition) is 5. The third-order valence-corrected chi connectivity index (χ3v) is 9.42. The first-order valence-electron chi connectivity index (χ1n) is 13.2. The molecule has 2 aliphatic heterocycles. The SMILES string of the molecule is COC(=O)N[C@H](C(=O)N1[C@H](c2nc3ccc(C4CCCSC4)cc3[nH]2)C[C@@H]2CCCC[C@@H]21)C(C)C. The number of H-pyrrole nitrogens is 1. The van der Waals surface area contributed by atoms with Gasteiger partial charge in [0.05, 0.1) is 24.2 Å². The van der Waals surface area contributed by atoms with Gasteiger partial charge in [-0.3, -0.25) is 4.79 Å². The van der Waals surface area contributed by atoms with Gasteiger partial charge in [0.15, 0.2) is 0 Å². The number of aromatic amines is 1. The standard InChI is InChI=1S/C27H38N4O3S/c1-16(2)24(30-27(33)34-3)26(32)31-22-9-5-4-7-18(22)14-23(31)25-28-20-11-10-17(13-21(20)29-25)19-8-6-12-35-15-19/h10-11,13,16,18-19,22-24H,4-9,12,14-15H2,1-3H3,(H,28,29)(H,30,33)/t18-,19?,22-,23-,24-/m0/s1. The highest BCUT2D eigenvalue weighted by atomic mass is 32.2. The fraction of sp³-hybridized carbons (Fsp3) is 0.667. The number of rotatable bonds is 5. The number of likely N-dealkylation sites (tertiary alicyclic amines) is 1. The molecule has 0 bridgehead atoms. The normalized spacial score (nSPS) is 27.6. The topological polar surface area (TPSA) is 87.3 Å². The number of fused-ring (bicyclic) bond motifs is 2. The van der Waals surface area contributed by atoms with Crippen molar-refractivity contribution >= 4 is 34.8 Å². The van der Waals surface area contributed by atoms with E-state index in [1.54, 1.807) is 0 Å². The van der Waals surface area contributed by atoms with E-state index < -0.39 is 12.1 Å². The first kappa shape index (κ1) is 24.5. The Hall–Kier alpha value is -2.22. The zero-order chi connectivity index (χ0) is 24.5. The van der Waals surface area contributed by atoms with Crippen molar-refractivity contribution in [2.45, 2.75) is 82.8 Å². The Morgan fingerprint density at radius 1 is 1.20 bits per heavy atom. The van der Waals surface area contributed by atoms with E-state index in [1.807, 2.05) is 25.6 Å². The Labute approximate surface area is 212 Å². The molecule has 2 N–H and O–H groups in total. The number of ether oxygens (including phenoxy) is 1. The summed E-state index contributed by atoms with van der Waals surface area (Å²) < 4.78 is 4.82. The van der Waals surface area contributed by atoms with Crippen LogP contribution in [0.3, 0.4) is 0 Å². The van der Waals surface area contributed by atoms with Gasteiger partial charge in [0.25, 0.3) is 0 Å². The fourth-order valence-electron chi connectivity index (χ4n) is 6.34. The predicted molar refractivity (Wildman–Crippen MR) is 140 cm³/mol. The molecule has 3 fully saturated rings. The molecule has 1 aromatic carbocycles. The Bertz CT molecular complexity index is 1060. The van der Waals surface area contributed by atoms with E-state index in [-0.39, 0.29) is 23.9 Å². The summed E-state index contributed by atoms with van der Waals surface area (Å²) in [5.41, 5.74) is 3.40. The summed E-state index contributed by atoms with van der Waals surface area (Å²) >= 11 is 2.05. The Morgan fingerprint density at radius 2 is 2.03 bits per heavy atom. The molecule has 5 rings (SSSR count). The molecule has 2 aromatic rings. The summed E-state index contributed by atoms with van der Waals surface area (Å²) in [5.74, 6) is 4.34. The second-order valence-electron chi connectivity index (χ2n) is 10.8. The van der Waals surface area contributed by atoms with Gasteiger partial charge in [0, 0.05) is 11.8 Å². The van der Waals surface area contributed by atoms with Gasteiger partial charge in [0.1, 0.15) is 11.9 Å². The lowest BCUT2D eigenvalue weighted by Crippen LogP contribution is -2.53. The van der Waals surface area contributed by atoms with Gasteiger partial charge in [-0.05, 0) is 73.3 Å². The second kappa shape index (κ2) is 10.4. The van der Waals surface area contributed by atoms with Crippen LogP contribution in [0.15, 0.2) is 18.2 Å². The van der Waals surface area contributed by atoms with Crippen molar-refractivity contribution in [1.82, 2.24) is 20.2 Å². The van der Waals surface area contributed by atoms with Crippen LogP contribution in [0.2, 0.25) is 0 Å². The molecule has 1 aliphatic carbocycles. The van der Waals surface area contributed by atoms with E-state index in [1.165, 1.54) is 43.4 Å². The number of carbonyl (C=O) groups is 2. The minimum absolute atomic E-state index is 0.0230. The number of alkyl carbamates (subject to hydrolysis) is 1. The summed E-state index contributed by atoms with van der Waals surface area (Å²) in [6, 6.07) is 6.11. The zero-order valence-corrected chi connectivity index (χ0v) is 21.9. The van der Waals surface area contributed by atoms with Crippen LogP contribution in [0.1, 0.15) is 82.1 Å². The largest absolute Gasteiger partial charge is 0.453 e. The van der Waals surface area contributed by atoms with E-state index in [9.17, 15) is 9.59 Å². The average Bonchev–Trinajstić information content (AvgIpc) is 3.48. The van der Waals surface area contributed by atoms with E-state index in [2.05, 4.69) is 33.4 Å². The van der Waals surface area contributed by atoms with E-state index in [0.29, 0.717) is 11.8 Å². The van der Waals surface area contributed by atoms with Crippen molar-refractivity contribution < 1.29 is 14.3 Å². The number of aromatic nitrogens is 2. The highest BCUT2D eigenvalue weighted by molar-refractivity contribution is 7.99. The summed E-state index contributed by atoms with van der Waals surface area (Å²) in [6.07, 6.45) is 7.39. The Balaban J connectivity index is 1.46. The number of imidazole rings is 1. The maximum Gasteiger partial charge on any atom is 0.407 e. The van der Waals surface area contributed by atoms with Crippen LogP contribution in [-0.2, 0) is 9.53 Å². The summed E-state index contributed by atoms with van der Waals surface area (Å²) in [5, 5.41) is 2.80. The molecular weight excluding hydrogens is 460 g/mol. The van der Waals surface area contributed by atoms with Crippen LogP contribution in [-0.4, -0.2) is 57.6 Å². The molecule has 0 spiro atoms. The van der Waals surface area contributed by atoms with Crippen molar-refractivity contribution in [1.29, 1.82) is 0 Å². The Kier molecular flexibility index (Phi) is 7.28. The molecule has 5 atom stereocenters. The first-order valence-corrected chi connectivity index (χ1v) is 14.4. The summed E-state index contributed by atoms with van der Waals surface area (Å²) in [4.78, 5) is 36.7.